The van der Waals surface area contributed by atoms with E-state index in [-0.39, 0.29) is 24.5 Å². The van der Waals surface area contributed by atoms with Gasteiger partial charge in [-0.2, -0.15) is 0 Å². The van der Waals surface area contributed by atoms with Crippen LogP contribution < -0.4 is 14.8 Å². The third-order valence-corrected chi connectivity index (χ3v) is 4.10. The van der Waals surface area contributed by atoms with Gasteiger partial charge in [-0.1, -0.05) is 31.2 Å². The van der Waals surface area contributed by atoms with Gasteiger partial charge < -0.3 is 14.8 Å². The molecule has 5 heteroatoms. The number of aryl methyl sites for hydroxylation is 1. The minimum absolute atomic E-state index is 0.0408. The van der Waals surface area contributed by atoms with Crippen LogP contribution in [0.4, 0.5) is 5.69 Å². The van der Waals surface area contributed by atoms with Crippen molar-refractivity contribution < 1.29 is 19.1 Å². The highest BCUT2D eigenvalue weighted by Crippen LogP contribution is 2.29. The van der Waals surface area contributed by atoms with Crippen LogP contribution >= 0.6 is 0 Å². The van der Waals surface area contributed by atoms with Gasteiger partial charge in [-0.15, -0.1) is 0 Å². The first-order valence-corrected chi connectivity index (χ1v) is 9.39. The fraction of sp³-hybridized carbons (Fsp3) is 0.364. The predicted molar refractivity (Wildman–Crippen MR) is 107 cm³/mol. The van der Waals surface area contributed by atoms with Crippen LogP contribution in [0.3, 0.4) is 0 Å². The summed E-state index contributed by atoms with van der Waals surface area (Å²) in [7, 11) is 0. The predicted octanol–water partition coefficient (Wildman–Crippen LogP) is 4.65. The number of hydrogen-bond donors (Lipinski definition) is 1. The number of anilines is 1. The summed E-state index contributed by atoms with van der Waals surface area (Å²) in [6.45, 7) is 6.87. The molecule has 0 spiro atoms. The van der Waals surface area contributed by atoms with Crippen LogP contribution in [0.5, 0.6) is 11.5 Å². The number of ketones is 1. The molecule has 0 aliphatic rings. The average molecular weight is 369 g/mol. The molecule has 27 heavy (non-hydrogen) atoms. The number of Topliss-reactive ketones (excluding diaryl/α,β-unsaturated/α-hetero) is 1. The molecule has 2 aromatic rings. The quantitative estimate of drug-likeness (QED) is 0.619. The highest BCUT2D eigenvalue weighted by Gasteiger charge is 2.13. The van der Waals surface area contributed by atoms with Gasteiger partial charge in [0.05, 0.1) is 18.9 Å². The van der Waals surface area contributed by atoms with Crippen molar-refractivity contribution >= 4 is 17.4 Å². The van der Waals surface area contributed by atoms with E-state index in [9.17, 15) is 9.59 Å². The zero-order valence-corrected chi connectivity index (χ0v) is 16.2. The molecule has 0 heterocycles. The summed E-state index contributed by atoms with van der Waals surface area (Å²) >= 11 is 0. The Bertz CT molecular complexity index is 768. The molecule has 0 saturated heterocycles. The number of carbonyl (C=O) groups excluding carboxylic acids is 2. The molecule has 5 nitrogen and oxygen atoms in total. The van der Waals surface area contributed by atoms with Crippen LogP contribution in [-0.4, -0.2) is 24.9 Å². The maximum Gasteiger partial charge on any atom is 0.224 e. The largest absolute Gasteiger partial charge is 0.494 e. The minimum atomic E-state index is -0.233. The molecule has 1 amide bonds. The van der Waals surface area contributed by atoms with Gasteiger partial charge in [0.1, 0.15) is 11.5 Å². The third-order valence-electron chi connectivity index (χ3n) is 4.10. The van der Waals surface area contributed by atoms with Crippen molar-refractivity contribution in [2.45, 2.75) is 40.0 Å². The van der Waals surface area contributed by atoms with Gasteiger partial charge in [-0.05, 0) is 38.0 Å². The molecule has 0 radical (unpaired) electrons. The van der Waals surface area contributed by atoms with Crippen molar-refractivity contribution in [1.29, 1.82) is 0 Å². The number of rotatable bonds is 10. The minimum Gasteiger partial charge on any atom is -0.494 e. The summed E-state index contributed by atoms with van der Waals surface area (Å²) < 4.78 is 11.0. The van der Waals surface area contributed by atoms with E-state index in [1.807, 2.05) is 38.1 Å². The van der Waals surface area contributed by atoms with E-state index in [1.54, 1.807) is 18.2 Å². The number of ether oxygens (including phenoxy) is 2. The second kappa shape index (κ2) is 10.4. The Morgan fingerprint density at radius 1 is 0.889 bits per heavy atom. The summed E-state index contributed by atoms with van der Waals surface area (Å²) in [5.41, 5.74) is 2.36. The lowest BCUT2D eigenvalue weighted by Crippen LogP contribution is -2.14. The molecule has 0 aliphatic heterocycles. The number of nitrogens with one attached hydrogen (secondary N) is 1. The van der Waals surface area contributed by atoms with Crippen molar-refractivity contribution in [3.63, 3.8) is 0 Å². The highest BCUT2D eigenvalue weighted by atomic mass is 16.5. The summed E-state index contributed by atoms with van der Waals surface area (Å²) in [5.74, 6) is 0.961. The van der Waals surface area contributed by atoms with Crippen molar-refractivity contribution in [1.82, 2.24) is 0 Å². The maximum absolute atomic E-state index is 12.3. The third kappa shape index (κ3) is 6.13. The fourth-order valence-electron chi connectivity index (χ4n) is 2.66. The molecule has 2 aromatic carbocycles. The Hall–Kier alpha value is -2.82. The normalized spacial score (nSPS) is 10.3. The van der Waals surface area contributed by atoms with Gasteiger partial charge in [0.2, 0.25) is 5.91 Å². The molecular formula is C22H27NO4. The molecule has 1 N–H and O–H groups in total. The number of hydrogen-bond acceptors (Lipinski definition) is 4. The van der Waals surface area contributed by atoms with Crippen LogP contribution in [-0.2, 0) is 11.2 Å². The lowest BCUT2D eigenvalue weighted by Gasteiger charge is -2.13. The van der Waals surface area contributed by atoms with E-state index in [0.29, 0.717) is 36.0 Å². The Labute approximate surface area is 160 Å². The highest BCUT2D eigenvalue weighted by molar-refractivity contribution is 6.00. The van der Waals surface area contributed by atoms with E-state index in [0.717, 1.165) is 6.42 Å². The summed E-state index contributed by atoms with van der Waals surface area (Å²) in [5, 5.41) is 2.82. The van der Waals surface area contributed by atoms with E-state index in [4.69, 9.17) is 9.47 Å². The summed E-state index contributed by atoms with van der Waals surface area (Å²) in [6.07, 6.45) is 1.20. The van der Waals surface area contributed by atoms with Crippen molar-refractivity contribution in [2.24, 2.45) is 0 Å². The first-order valence-electron chi connectivity index (χ1n) is 9.39. The van der Waals surface area contributed by atoms with Crippen LogP contribution in [0.25, 0.3) is 0 Å². The SMILES string of the molecule is CCOc1ccc(OCC)c(NC(=O)CCC(=O)c2ccc(CC)cc2)c1. The average Bonchev–Trinajstić information content (AvgIpc) is 2.68. The lowest BCUT2D eigenvalue weighted by atomic mass is 10.0. The Kier molecular flexibility index (Phi) is 7.86. The van der Waals surface area contributed by atoms with Crippen molar-refractivity contribution in [3.05, 3.63) is 53.6 Å². The van der Waals surface area contributed by atoms with Crippen LogP contribution in [0, 0.1) is 0 Å². The van der Waals surface area contributed by atoms with E-state index in [2.05, 4.69) is 12.2 Å². The van der Waals surface area contributed by atoms with Gasteiger partial charge in [-0.25, -0.2) is 0 Å². The molecule has 144 valence electrons. The van der Waals surface area contributed by atoms with E-state index < -0.39 is 0 Å². The topological polar surface area (TPSA) is 64.6 Å². The summed E-state index contributed by atoms with van der Waals surface area (Å²) in [6, 6.07) is 12.8. The molecular weight excluding hydrogens is 342 g/mol. The second-order valence-corrected chi connectivity index (χ2v) is 6.05. The van der Waals surface area contributed by atoms with Crippen molar-refractivity contribution in [3.8, 4) is 11.5 Å². The van der Waals surface area contributed by atoms with Crippen molar-refractivity contribution in [2.75, 3.05) is 18.5 Å². The number of carbonyl (C=O) groups is 2. The first kappa shape index (κ1) is 20.5. The zero-order valence-electron chi connectivity index (χ0n) is 16.2. The standard InChI is InChI=1S/C22H27NO4/c1-4-16-7-9-17(10-8-16)20(24)12-14-22(25)23-19-15-18(26-5-2)11-13-21(19)27-6-3/h7-11,13,15H,4-6,12,14H2,1-3H3,(H,23,25). The monoisotopic (exact) mass is 369 g/mol. The molecule has 0 bridgehead atoms. The van der Waals surface area contributed by atoms with Crippen LogP contribution in [0.15, 0.2) is 42.5 Å². The lowest BCUT2D eigenvalue weighted by molar-refractivity contribution is -0.116. The summed E-state index contributed by atoms with van der Waals surface area (Å²) in [4.78, 5) is 24.6. The van der Waals surface area contributed by atoms with Gasteiger partial charge in [0.25, 0.3) is 0 Å². The number of amides is 1. The Morgan fingerprint density at radius 3 is 2.22 bits per heavy atom. The molecule has 0 aliphatic carbocycles. The molecule has 2 rings (SSSR count). The van der Waals surface area contributed by atoms with Gasteiger partial charge in [0, 0.05) is 24.5 Å². The van der Waals surface area contributed by atoms with Gasteiger partial charge >= 0.3 is 0 Å². The van der Waals surface area contributed by atoms with Crippen LogP contribution in [0.2, 0.25) is 0 Å². The molecule has 0 unspecified atom stereocenters. The molecule has 0 aromatic heterocycles. The second-order valence-electron chi connectivity index (χ2n) is 6.05. The zero-order chi connectivity index (χ0) is 19.6. The van der Waals surface area contributed by atoms with Gasteiger partial charge in [0.15, 0.2) is 5.78 Å². The van der Waals surface area contributed by atoms with Gasteiger partial charge in [-0.3, -0.25) is 9.59 Å². The molecule has 0 fully saturated rings. The maximum atomic E-state index is 12.3. The first-order chi connectivity index (χ1) is 13.1. The number of benzene rings is 2. The molecule has 0 atom stereocenters. The Balaban J connectivity index is 1.97. The van der Waals surface area contributed by atoms with E-state index in [1.165, 1.54) is 5.56 Å². The van der Waals surface area contributed by atoms with E-state index >= 15 is 0 Å². The Morgan fingerprint density at radius 2 is 1.59 bits per heavy atom. The van der Waals surface area contributed by atoms with Crippen LogP contribution in [0.1, 0.15) is 49.5 Å². The smallest absolute Gasteiger partial charge is 0.224 e. The molecule has 0 saturated carbocycles. The fourth-order valence-corrected chi connectivity index (χ4v) is 2.66.